The van der Waals surface area contributed by atoms with Crippen LogP contribution in [0.5, 0.6) is 17.2 Å². The molecule has 1 fully saturated rings. The van der Waals surface area contributed by atoms with Gasteiger partial charge in [-0.3, -0.25) is 4.79 Å². The summed E-state index contributed by atoms with van der Waals surface area (Å²) in [6.45, 7) is 1.01. The molecule has 1 heterocycles. The van der Waals surface area contributed by atoms with E-state index in [1.165, 1.54) is 16.4 Å². The predicted octanol–water partition coefficient (Wildman–Crippen LogP) is 4.84. The van der Waals surface area contributed by atoms with Gasteiger partial charge in [-0.2, -0.15) is 4.31 Å². The number of methoxy groups -OCH3 is 1. The Balaban J connectivity index is 1.60. The maximum absolute atomic E-state index is 13.2. The van der Waals surface area contributed by atoms with E-state index in [9.17, 15) is 13.2 Å². The van der Waals surface area contributed by atoms with Crippen LogP contribution in [-0.2, 0) is 21.2 Å². The zero-order chi connectivity index (χ0) is 24.0. The van der Waals surface area contributed by atoms with Crippen LogP contribution in [-0.4, -0.2) is 38.8 Å². The molecule has 34 heavy (non-hydrogen) atoms. The molecule has 8 heteroatoms. The van der Waals surface area contributed by atoms with E-state index in [0.29, 0.717) is 36.0 Å². The van der Waals surface area contributed by atoms with Gasteiger partial charge in [-0.1, -0.05) is 36.8 Å². The number of anilines is 1. The van der Waals surface area contributed by atoms with Crippen LogP contribution in [0.1, 0.15) is 24.8 Å². The Kier molecular flexibility index (Phi) is 7.49. The van der Waals surface area contributed by atoms with Crippen LogP contribution in [0, 0.1) is 0 Å². The second kappa shape index (κ2) is 10.7. The van der Waals surface area contributed by atoms with Gasteiger partial charge < -0.3 is 14.8 Å². The molecule has 0 unspecified atom stereocenters. The highest BCUT2D eigenvalue weighted by atomic mass is 32.2. The second-order valence-electron chi connectivity index (χ2n) is 8.11. The van der Waals surface area contributed by atoms with Crippen molar-refractivity contribution in [3.8, 4) is 17.2 Å². The molecular formula is C26H28N2O5S. The predicted molar refractivity (Wildman–Crippen MR) is 131 cm³/mol. The van der Waals surface area contributed by atoms with E-state index in [4.69, 9.17) is 9.47 Å². The monoisotopic (exact) mass is 480 g/mol. The van der Waals surface area contributed by atoms with Crippen LogP contribution in [0.15, 0.2) is 77.7 Å². The summed E-state index contributed by atoms with van der Waals surface area (Å²) in [5.74, 6) is 1.38. The summed E-state index contributed by atoms with van der Waals surface area (Å²) in [6.07, 6.45) is 2.85. The Morgan fingerprint density at radius 1 is 0.912 bits per heavy atom. The van der Waals surface area contributed by atoms with E-state index in [2.05, 4.69) is 5.32 Å². The molecule has 1 aliphatic heterocycles. The van der Waals surface area contributed by atoms with Crippen LogP contribution >= 0.6 is 0 Å². The highest BCUT2D eigenvalue weighted by Crippen LogP contribution is 2.33. The molecule has 0 aliphatic carbocycles. The highest BCUT2D eigenvalue weighted by Gasteiger charge is 2.27. The number of carbonyl (C=O) groups excluding carboxylic acids is 1. The Hall–Kier alpha value is -3.36. The first kappa shape index (κ1) is 23.8. The summed E-state index contributed by atoms with van der Waals surface area (Å²) < 4.78 is 39.0. The van der Waals surface area contributed by atoms with Crippen molar-refractivity contribution in [1.82, 2.24) is 4.31 Å². The summed E-state index contributed by atoms with van der Waals surface area (Å²) in [7, 11) is -2.08. The maximum Gasteiger partial charge on any atom is 0.243 e. The van der Waals surface area contributed by atoms with Gasteiger partial charge in [0.25, 0.3) is 0 Å². The lowest BCUT2D eigenvalue weighted by Crippen LogP contribution is -2.35. The second-order valence-corrected chi connectivity index (χ2v) is 10.0. The summed E-state index contributed by atoms with van der Waals surface area (Å²) in [4.78, 5) is 13.0. The molecule has 3 aromatic carbocycles. The smallest absolute Gasteiger partial charge is 0.243 e. The lowest BCUT2D eigenvalue weighted by molar-refractivity contribution is -0.115. The first-order valence-electron chi connectivity index (χ1n) is 11.3. The number of amides is 1. The van der Waals surface area contributed by atoms with Crippen LogP contribution in [0.4, 0.5) is 5.69 Å². The van der Waals surface area contributed by atoms with Crippen molar-refractivity contribution in [3.05, 3.63) is 78.4 Å². The third-order valence-electron chi connectivity index (χ3n) is 5.67. The first-order chi connectivity index (χ1) is 16.5. The fourth-order valence-electron chi connectivity index (χ4n) is 3.85. The number of hydrogen-bond donors (Lipinski definition) is 1. The molecule has 178 valence electrons. The first-order valence-corrected chi connectivity index (χ1v) is 12.7. The molecular weight excluding hydrogens is 452 g/mol. The lowest BCUT2D eigenvalue weighted by Gasteiger charge is -2.26. The number of hydrogen-bond acceptors (Lipinski definition) is 5. The van der Waals surface area contributed by atoms with Crippen LogP contribution < -0.4 is 14.8 Å². The number of para-hydroxylation sites is 1. The van der Waals surface area contributed by atoms with Crippen molar-refractivity contribution in [3.63, 3.8) is 0 Å². The third-order valence-corrected chi connectivity index (χ3v) is 7.57. The number of piperidine rings is 1. The van der Waals surface area contributed by atoms with Crippen LogP contribution in [0.2, 0.25) is 0 Å². The van der Waals surface area contributed by atoms with E-state index >= 15 is 0 Å². The zero-order valence-electron chi connectivity index (χ0n) is 19.1. The van der Waals surface area contributed by atoms with Crippen molar-refractivity contribution < 1.29 is 22.7 Å². The fraction of sp³-hybridized carbons (Fsp3) is 0.269. The van der Waals surface area contributed by atoms with Crippen molar-refractivity contribution >= 4 is 21.6 Å². The average Bonchev–Trinajstić information content (AvgIpc) is 2.86. The number of nitrogens with one attached hydrogen (secondary N) is 1. The molecule has 4 rings (SSSR count). The van der Waals surface area contributed by atoms with Gasteiger partial charge in [0.15, 0.2) is 5.75 Å². The Labute approximate surface area is 200 Å². The summed E-state index contributed by atoms with van der Waals surface area (Å²) in [6, 6.07) is 21.0. The minimum atomic E-state index is -3.66. The molecule has 1 N–H and O–H groups in total. The summed E-state index contributed by atoms with van der Waals surface area (Å²) in [5.41, 5.74) is 1.11. The summed E-state index contributed by atoms with van der Waals surface area (Å²) >= 11 is 0. The number of sulfonamides is 1. The number of carbonyl (C=O) groups is 1. The molecule has 0 atom stereocenters. The molecule has 0 saturated carbocycles. The van der Waals surface area contributed by atoms with Gasteiger partial charge in [0, 0.05) is 13.1 Å². The molecule has 0 radical (unpaired) electrons. The molecule has 0 aromatic heterocycles. The quantitative estimate of drug-likeness (QED) is 0.499. The van der Waals surface area contributed by atoms with Gasteiger partial charge >= 0.3 is 0 Å². The highest BCUT2D eigenvalue weighted by molar-refractivity contribution is 7.89. The molecule has 1 aliphatic rings. The number of rotatable bonds is 8. The normalized spacial score (nSPS) is 14.4. The van der Waals surface area contributed by atoms with E-state index < -0.39 is 10.0 Å². The van der Waals surface area contributed by atoms with Crippen molar-refractivity contribution in [2.75, 3.05) is 25.5 Å². The zero-order valence-corrected chi connectivity index (χ0v) is 19.9. The third kappa shape index (κ3) is 5.76. The van der Waals surface area contributed by atoms with Gasteiger partial charge in [-0.15, -0.1) is 0 Å². The number of nitrogens with zero attached hydrogens (tertiary/aromatic N) is 1. The van der Waals surface area contributed by atoms with Crippen LogP contribution in [0.25, 0.3) is 0 Å². The van der Waals surface area contributed by atoms with Gasteiger partial charge in [-0.25, -0.2) is 8.42 Å². The van der Waals surface area contributed by atoms with E-state index in [-0.39, 0.29) is 17.2 Å². The fourth-order valence-corrected chi connectivity index (χ4v) is 5.39. The van der Waals surface area contributed by atoms with E-state index in [1.807, 2.05) is 30.3 Å². The lowest BCUT2D eigenvalue weighted by atomic mass is 10.1. The Bertz CT molecular complexity index is 1220. The SMILES string of the molecule is COc1ccc(CC(=O)Nc2cc(S(=O)(=O)N3CCCCC3)ccc2Oc2ccccc2)cc1. The van der Waals surface area contributed by atoms with Crippen molar-refractivity contribution in [2.45, 2.75) is 30.6 Å². The number of ether oxygens (including phenoxy) is 2. The molecule has 3 aromatic rings. The van der Waals surface area contributed by atoms with Gasteiger partial charge in [-0.05, 0) is 60.9 Å². The van der Waals surface area contributed by atoms with Gasteiger partial charge in [0.1, 0.15) is 11.5 Å². The molecule has 0 spiro atoms. The molecule has 1 amide bonds. The minimum Gasteiger partial charge on any atom is -0.497 e. The van der Waals surface area contributed by atoms with Gasteiger partial charge in [0.2, 0.25) is 15.9 Å². The topological polar surface area (TPSA) is 84.9 Å². The average molecular weight is 481 g/mol. The van der Waals surface area contributed by atoms with Gasteiger partial charge in [0.05, 0.1) is 24.1 Å². The Morgan fingerprint density at radius 2 is 1.62 bits per heavy atom. The molecule has 7 nitrogen and oxygen atoms in total. The summed E-state index contributed by atoms with van der Waals surface area (Å²) in [5, 5.41) is 2.85. The maximum atomic E-state index is 13.2. The van der Waals surface area contributed by atoms with E-state index in [1.54, 1.807) is 37.4 Å². The molecule has 1 saturated heterocycles. The van der Waals surface area contributed by atoms with Crippen LogP contribution in [0.3, 0.4) is 0 Å². The largest absolute Gasteiger partial charge is 0.497 e. The Morgan fingerprint density at radius 3 is 2.29 bits per heavy atom. The number of benzene rings is 3. The van der Waals surface area contributed by atoms with Crippen molar-refractivity contribution in [1.29, 1.82) is 0 Å². The minimum absolute atomic E-state index is 0.123. The standard InChI is InChI=1S/C26H28N2O5S/c1-32-21-12-10-20(11-13-21)18-26(29)27-24-19-23(34(30,31)28-16-6-3-7-17-28)14-15-25(24)33-22-8-4-2-5-9-22/h2,4-5,8-15,19H,3,6-7,16-18H2,1H3,(H,27,29). The van der Waals surface area contributed by atoms with E-state index in [0.717, 1.165) is 24.8 Å². The van der Waals surface area contributed by atoms with Crippen molar-refractivity contribution in [2.24, 2.45) is 0 Å². The molecule has 0 bridgehead atoms.